The highest BCUT2D eigenvalue weighted by molar-refractivity contribution is 6.30. The van der Waals surface area contributed by atoms with Gasteiger partial charge in [-0.15, -0.1) is 6.54 Å². The van der Waals surface area contributed by atoms with Crippen LogP contribution in [0.25, 0.3) is 5.32 Å². The molecule has 0 fully saturated rings. The van der Waals surface area contributed by atoms with Crippen LogP contribution in [0.1, 0.15) is 5.56 Å². The molecule has 0 aliphatic heterocycles. The summed E-state index contributed by atoms with van der Waals surface area (Å²) in [6.45, 7) is 0.891. The van der Waals surface area contributed by atoms with Crippen LogP contribution in [-0.4, -0.2) is 13.6 Å². The average molecular weight is 169 g/mol. The number of hydrogen-bond donors (Lipinski definition) is 0. The molecule has 11 heavy (non-hydrogen) atoms. The zero-order valence-electron chi connectivity index (χ0n) is 6.55. The van der Waals surface area contributed by atoms with Gasteiger partial charge in [0.25, 0.3) is 0 Å². The first-order valence-corrected chi connectivity index (χ1v) is 4.01. The van der Waals surface area contributed by atoms with Crippen LogP contribution in [0, 0.1) is 0 Å². The van der Waals surface area contributed by atoms with Gasteiger partial charge in [0.2, 0.25) is 0 Å². The molecular formula is C9H11ClN-. The third kappa shape index (κ3) is 2.91. The summed E-state index contributed by atoms with van der Waals surface area (Å²) in [5.41, 5.74) is 1.29. The van der Waals surface area contributed by atoms with E-state index in [1.807, 2.05) is 31.3 Å². The van der Waals surface area contributed by atoms with Gasteiger partial charge in [0.05, 0.1) is 0 Å². The molecule has 0 unspecified atom stereocenters. The molecule has 0 amide bonds. The molecule has 0 saturated heterocycles. The van der Waals surface area contributed by atoms with E-state index < -0.39 is 0 Å². The van der Waals surface area contributed by atoms with E-state index in [9.17, 15) is 0 Å². The lowest BCUT2D eigenvalue weighted by molar-refractivity contribution is 1.04. The van der Waals surface area contributed by atoms with Crippen LogP contribution in [0.5, 0.6) is 0 Å². The van der Waals surface area contributed by atoms with Crippen molar-refractivity contribution in [2.75, 3.05) is 13.6 Å². The molecule has 0 aliphatic carbocycles. The Balaban J connectivity index is 2.52. The van der Waals surface area contributed by atoms with Crippen molar-refractivity contribution >= 4 is 11.6 Å². The fourth-order valence-electron chi connectivity index (χ4n) is 0.892. The Kier molecular flexibility index (Phi) is 3.40. The maximum Gasteiger partial charge on any atom is 0.0406 e. The lowest BCUT2D eigenvalue weighted by Crippen LogP contribution is -1.88. The van der Waals surface area contributed by atoms with Crippen molar-refractivity contribution in [2.45, 2.75) is 6.42 Å². The van der Waals surface area contributed by atoms with E-state index in [4.69, 9.17) is 11.6 Å². The van der Waals surface area contributed by atoms with E-state index in [1.165, 1.54) is 5.56 Å². The molecule has 0 N–H and O–H groups in total. The highest BCUT2D eigenvalue weighted by Crippen LogP contribution is 2.09. The molecular weight excluding hydrogens is 158 g/mol. The third-order valence-electron chi connectivity index (χ3n) is 1.54. The van der Waals surface area contributed by atoms with E-state index in [-0.39, 0.29) is 0 Å². The molecule has 1 rings (SSSR count). The van der Waals surface area contributed by atoms with Gasteiger partial charge in [-0.1, -0.05) is 23.7 Å². The first kappa shape index (κ1) is 8.57. The van der Waals surface area contributed by atoms with E-state index in [0.717, 1.165) is 18.0 Å². The minimum atomic E-state index is 0.794. The zero-order chi connectivity index (χ0) is 8.10. The minimum Gasteiger partial charge on any atom is -0.665 e. The van der Waals surface area contributed by atoms with Gasteiger partial charge in [-0.25, -0.2) is 0 Å². The number of benzene rings is 1. The van der Waals surface area contributed by atoms with Crippen LogP contribution in [0.4, 0.5) is 0 Å². The summed E-state index contributed by atoms with van der Waals surface area (Å²) in [6.07, 6.45) is 1.01. The second-order valence-electron chi connectivity index (χ2n) is 2.42. The van der Waals surface area contributed by atoms with Gasteiger partial charge in [0.15, 0.2) is 0 Å². The van der Waals surface area contributed by atoms with Gasteiger partial charge < -0.3 is 5.32 Å². The predicted octanol–water partition coefficient (Wildman–Crippen LogP) is 2.89. The van der Waals surface area contributed by atoms with Gasteiger partial charge in [-0.2, -0.15) is 7.05 Å². The van der Waals surface area contributed by atoms with E-state index in [1.54, 1.807) is 0 Å². The SMILES string of the molecule is C[N-]CCc1ccc(Cl)cc1. The average Bonchev–Trinajstić information content (AvgIpc) is 2.04. The topological polar surface area (TPSA) is 14.1 Å². The summed E-state index contributed by atoms with van der Waals surface area (Å²) in [7, 11) is 1.83. The first-order chi connectivity index (χ1) is 5.33. The van der Waals surface area contributed by atoms with E-state index in [0.29, 0.717) is 0 Å². The highest BCUT2D eigenvalue weighted by atomic mass is 35.5. The predicted molar refractivity (Wildman–Crippen MR) is 49.3 cm³/mol. The molecule has 0 saturated carbocycles. The summed E-state index contributed by atoms with van der Waals surface area (Å²) < 4.78 is 0. The summed E-state index contributed by atoms with van der Waals surface area (Å²) in [5, 5.41) is 4.81. The molecule has 0 atom stereocenters. The maximum absolute atomic E-state index is 5.72. The largest absolute Gasteiger partial charge is 0.665 e. The van der Waals surface area contributed by atoms with Crippen LogP contribution < -0.4 is 0 Å². The lowest BCUT2D eigenvalue weighted by atomic mass is 10.1. The van der Waals surface area contributed by atoms with Gasteiger partial charge in [0, 0.05) is 5.02 Å². The van der Waals surface area contributed by atoms with Gasteiger partial charge in [-0.3, -0.25) is 0 Å². The van der Waals surface area contributed by atoms with Crippen molar-refractivity contribution in [3.8, 4) is 0 Å². The lowest BCUT2D eigenvalue weighted by Gasteiger charge is -2.09. The molecule has 0 heterocycles. The molecule has 60 valence electrons. The van der Waals surface area contributed by atoms with Crippen molar-refractivity contribution in [3.05, 3.63) is 40.2 Å². The van der Waals surface area contributed by atoms with Gasteiger partial charge >= 0.3 is 0 Å². The van der Waals surface area contributed by atoms with Crippen molar-refractivity contribution < 1.29 is 0 Å². The van der Waals surface area contributed by atoms with Crippen molar-refractivity contribution in [2.24, 2.45) is 0 Å². The van der Waals surface area contributed by atoms with Crippen LogP contribution in [0.2, 0.25) is 5.02 Å². The summed E-state index contributed by atoms with van der Waals surface area (Å²) in [5.74, 6) is 0. The molecule has 1 aromatic rings. The second-order valence-corrected chi connectivity index (χ2v) is 2.85. The standard InChI is InChI=1S/C9H11ClN/c1-11-7-6-8-2-4-9(10)5-3-8/h2-5H,6-7H2,1H3/q-1. The fourth-order valence-corrected chi connectivity index (χ4v) is 1.02. The third-order valence-corrected chi connectivity index (χ3v) is 1.79. The number of nitrogens with zero attached hydrogens (tertiary/aromatic N) is 1. The van der Waals surface area contributed by atoms with Crippen molar-refractivity contribution in [1.29, 1.82) is 0 Å². The Morgan fingerprint density at radius 3 is 2.45 bits per heavy atom. The summed E-state index contributed by atoms with van der Waals surface area (Å²) in [4.78, 5) is 0. The second kappa shape index (κ2) is 4.37. The molecule has 0 radical (unpaired) electrons. The summed E-state index contributed by atoms with van der Waals surface area (Å²) in [6, 6.07) is 7.89. The Labute approximate surface area is 72.4 Å². The Bertz CT molecular complexity index is 205. The Morgan fingerprint density at radius 1 is 1.27 bits per heavy atom. The molecule has 2 heteroatoms. The Morgan fingerprint density at radius 2 is 1.91 bits per heavy atom. The molecule has 1 nitrogen and oxygen atoms in total. The molecule has 0 aromatic heterocycles. The monoisotopic (exact) mass is 168 g/mol. The number of likely N-dealkylation sites (N-methyl/N-ethyl adjacent to an activating group) is 1. The van der Waals surface area contributed by atoms with Crippen LogP contribution in [0.3, 0.4) is 0 Å². The van der Waals surface area contributed by atoms with E-state index in [2.05, 4.69) is 5.32 Å². The first-order valence-electron chi connectivity index (χ1n) is 3.63. The smallest absolute Gasteiger partial charge is 0.0406 e. The Hall–Kier alpha value is -0.530. The summed E-state index contributed by atoms with van der Waals surface area (Å²) >= 11 is 5.72. The number of rotatable bonds is 3. The van der Waals surface area contributed by atoms with E-state index >= 15 is 0 Å². The molecule has 1 aromatic carbocycles. The molecule has 0 spiro atoms. The molecule has 0 bridgehead atoms. The van der Waals surface area contributed by atoms with Gasteiger partial charge in [0.1, 0.15) is 0 Å². The van der Waals surface area contributed by atoms with Crippen molar-refractivity contribution in [3.63, 3.8) is 0 Å². The van der Waals surface area contributed by atoms with Gasteiger partial charge in [-0.05, 0) is 24.1 Å². The number of halogens is 1. The van der Waals surface area contributed by atoms with Crippen molar-refractivity contribution in [1.82, 2.24) is 0 Å². The highest BCUT2D eigenvalue weighted by Gasteiger charge is 1.88. The minimum absolute atomic E-state index is 0.794. The van der Waals surface area contributed by atoms with Crippen LogP contribution in [-0.2, 0) is 6.42 Å². The normalized spacial score (nSPS) is 10.0. The molecule has 0 aliphatic rings. The number of hydrogen-bond acceptors (Lipinski definition) is 0. The van der Waals surface area contributed by atoms with Crippen LogP contribution >= 0.6 is 11.6 Å². The maximum atomic E-state index is 5.72. The van der Waals surface area contributed by atoms with Crippen LogP contribution in [0.15, 0.2) is 24.3 Å². The quantitative estimate of drug-likeness (QED) is 0.659. The zero-order valence-corrected chi connectivity index (χ0v) is 7.30. The fraction of sp³-hybridized carbons (Fsp3) is 0.333.